The van der Waals surface area contributed by atoms with E-state index in [4.69, 9.17) is 21.4 Å². The highest BCUT2D eigenvalue weighted by atomic mass is 35.5. The van der Waals surface area contributed by atoms with Gasteiger partial charge in [-0.3, -0.25) is 0 Å². The summed E-state index contributed by atoms with van der Waals surface area (Å²) in [5.41, 5.74) is 1.35. The molecule has 1 aromatic heterocycles. The Bertz CT molecular complexity index is 649. The zero-order chi connectivity index (χ0) is 13.6. The molecule has 0 amide bonds. The third-order valence-electron chi connectivity index (χ3n) is 3.54. The first-order chi connectivity index (χ1) is 9.10. The van der Waals surface area contributed by atoms with Crippen molar-refractivity contribution in [3.05, 3.63) is 22.7 Å². The lowest BCUT2D eigenvalue weighted by Gasteiger charge is -2.34. The van der Waals surface area contributed by atoms with Gasteiger partial charge in [-0.25, -0.2) is 9.48 Å². The van der Waals surface area contributed by atoms with Crippen molar-refractivity contribution in [2.24, 2.45) is 0 Å². The standard InChI is InChI=1S/C12H12ClN3O3/c1-19-7-2-6(3-7)16-11-5-9(13)8(12(17)18)4-10(11)14-15-16/h4-7H,2-3H2,1H3,(H,17,18). The summed E-state index contributed by atoms with van der Waals surface area (Å²) in [6.07, 6.45) is 2.03. The number of ether oxygens (including phenoxy) is 1. The highest BCUT2D eigenvalue weighted by molar-refractivity contribution is 6.34. The number of fused-ring (bicyclic) bond motifs is 1. The van der Waals surface area contributed by atoms with Gasteiger partial charge in [0.15, 0.2) is 0 Å². The predicted molar refractivity (Wildman–Crippen MR) is 68.6 cm³/mol. The SMILES string of the molecule is COC1CC(n2nnc3cc(C(=O)O)c(Cl)cc32)C1. The summed E-state index contributed by atoms with van der Waals surface area (Å²) in [4.78, 5) is 11.0. The van der Waals surface area contributed by atoms with Gasteiger partial charge in [-0.15, -0.1) is 5.10 Å². The fourth-order valence-electron chi connectivity index (χ4n) is 2.32. The van der Waals surface area contributed by atoms with Gasteiger partial charge in [0.25, 0.3) is 0 Å². The normalized spacial score (nSPS) is 22.4. The van der Waals surface area contributed by atoms with Crippen molar-refractivity contribution in [1.29, 1.82) is 0 Å². The van der Waals surface area contributed by atoms with Crippen LogP contribution in [0.25, 0.3) is 11.0 Å². The van der Waals surface area contributed by atoms with Gasteiger partial charge in [0.1, 0.15) is 5.52 Å². The summed E-state index contributed by atoms with van der Waals surface area (Å²) < 4.78 is 7.03. The predicted octanol–water partition coefficient (Wildman–Crippen LogP) is 2.13. The molecule has 0 bridgehead atoms. The van der Waals surface area contributed by atoms with E-state index in [2.05, 4.69) is 10.3 Å². The second kappa shape index (κ2) is 4.47. The van der Waals surface area contributed by atoms with Crippen molar-refractivity contribution in [3.63, 3.8) is 0 Å². The summed E-state index contributed by atoms with van der Waals surface area (Å²) in [5.74, 6) is -1.07. The minimum atomic E-state index is -1.07. The highest BCUT2D eigenvalue weighted by Crippen LogP contribution is 2.36. The molecule has 1 aliphatic carbocycles. The van der Waals surface area contributed by atoms with Crippen LogP contribution >= 0.6 is 11.6 Å². The number of hydrogen-bond donors (Lipinski definition) is 1. The van der Waals surface area contributed by atoms with Crippen LogP contribution in [0.1, 0.15) is 29.2 Å². The molecule has 0 saturated heterocycles. The Labute approximate surface area is 113 Å². The molecule has 0 radical (unpaired) electrons. The summed E-state index contributed by atoms with van der Waals surface area (Å²) in [6, 6.07) is 3.30. The second-order valence-corrected chi connectivity index (χ2v) is 5.05. The maximum absolute atomic E-state index is 11.0. The van der Waals surface area contributed by atoms with Crippen LogP contribution in [0.5, 0.6) is 0 Å². The maximum atomic E-state index is 11.0. The van der Waals surface area contributed by atoms with E-state index in [0.29, 0.717) is 5.52 Å². The van der Waals surface area contributed by atoms with Crippen LogP contribution in [0.15, 0.2) is 12.1 Å². The fraction of sp³-hybridized carbons (Fsp3) is 0.417. The number of halogens is 1. The molecule has 0 spiro atoms. The minimum absolute atomic E-state index is 0.0459. The lowest BCUT2D eigenvalue weighted by atomic mass is 9.89. The number of aromatic nitrogens is 3. The van der Waals surface area contributed by atoms with Crippen molar-refractivity contribution >= 4 is 28.6 Å². The number of methoxy groups -OCH3 is 1. The third kappa shape index (κ3) is 1.97. The van der Waals surface area contributed by atoms with Crippen molar-refractivity contribution in [2.75, 3.05) is 7.11 Å². The highest BCUT2D eigenvalue weighted by Gasteiger charge is 2.32. The van der Waals surface area contributed by atoms with Crippen LogP contribution in [0.4, 0.5) is 0 Å². The first-order valence-electron chi connectivity index (χ1n) is 5.90. The largest absolute Gasteiger partial charge is 0.478 e. The molecule has 1 saturated carbocycles. The molecule has 1 heterocycles. The smallest absolute Gasteiger partial charge is 0.337 e. The molecule has 1 N–H and O–H groups in total. The van der Waals surface area contributed by atoms with E-state index in [-0.39, 0.29) is 22.7 Å². The van der Waals surface area contributed by atoms with Crippen LogP contribution in [0.3, 0.4) is 0 Å². The Morgan fingerprint density at radius 1 is 1.53 bits per heavy atom. The first-order valence-corrected chi connectivity index (χ1v) is 6.28. The molecular formula is C12H12ClN3O3. The molecule has 0 atom stereocenters. The van der Waals surface area contributed by atoms with Crippen molar-refractivity contribution in [1.82, 2.24) is 15.0 Å². The Morgan fingerprint density at radius 2 is 2.26 bits per heavy atom. The third-order valence-corrected chi connectivity index (χ3v) is 3.85. The number of benzene rings is 1. The number of rotatable bonds is 3. The lowest BCUT2D eigenvalue weighted by Crippen LogP contribution is -2.33. The number of aromatic carboxylic acids is 1. The summed E-state index contributed by atoms with van der Waals surface area (Å²) in [6.45, 7) is 0. The van der Waals surface area contributed by atoms with Crippen LogP contribution < -0.4 is 0 Å². The minimum Gasteiger partial charge on any atom is -0.478 e. The van der Waals surface area contributed by atoms with Crippen LogP contribution in [0.2, 0.25) is 5.02 Å². The number of nitrogens with zero attached hydrogens (tertiary/aromatic N) is 3. The van der Waals surface area contributed by atoms with Gasteiger partial charge >= 0.3 is 5.97 Å². The number of carbonyl (C=O) groups is 1. The number of carboxylic acid groups (broad SMARTS) is 1. The molecule has 6 nitrogen and oxygen atoms in total. The second-order valence-electron chi connectivity index (χ2n) is 4.64. The molecule has 1 aromatic carbocycles. The van der Waals surface area contributed by atoms with Gasteiger partial charge in [-0.2, -0.15) is 0 Å². The molecule has 3 rings (SSSR count). The van der Waals surface area contributed by atoms with Gasteiger partial charge in [0.2, 0.25) is 0 Å². The number of carboxylic acids is 1. The quantitative estimate of drug-likeness (QED) is 0.932. The van der Waals surface area contributed by atoms with E-state index in [9.17, 15) is 4.79 Å². The van der Waals surface area contributed by atoms with E-state index in [1.54, 1.807) is 17.9 Å². The summed E-state index contributed by atoms with van der Waals surface area (Å²) in [5, 5.41) is 17.3. The maximum Gasteiger partial charge on any atom is 0.337 e. The van der Waals surface area contributed by atoms with Crippen molar-refractivity contribution in [2.45, 2.75) is 25.0 Å². The average molecular weight is 282 g/mol. The summed E-state index contributed by atoms with van der Waals surface area (Å²) >= 11 is 5.97. The molecule has 0 unspecified atom stereocenters. The topological polar surface area (TPSA) is 77.2 Å². The van der Waals surface area contributed by atoms with E-state index < -0.39 is 5.97 Å². The van der Waals surface area contributed by atoms with Gasteiger partial charge in [-0.1, -0.05) is 16.8 Å². The van der Waals surface area contributed by atoms with Gasteiger partial charge in [-0.05, 0) is 25.0 Å². The summed E-state index contributed by atoms with van der Waals surface area (Å²) in [7, 11) is 1.69. The van der Waals surface area contributed by atoms with Crippen LogP contribution in [-0.2, 0) is 4.74 Å². The van der Waals surface area contributed by atoms with Crippen LogP contribution in [0, 0.1) is 0 Å². The van der Waals surface area contributed by atoms with E-state index >= 15 is 0 Å². The van der Waals surface area contributed by atoms with Gasteiger partial charge < -0.3 is 9.84 Å². The molecule has 1 aliphatic rings. The van der Waals surface area contributed by atoms with Crippen molar-refractivity contribution < 1.29 is 14.6 Å². The number of hydrogen-bond acceptors (Lipinski definition) is 4. The Hall–Kier alpha value is -1.66. The van der Waals surface area contributed by atoms with Crippen LogP contribution in [-0.4, -0.2) is 39.3 Å². The van der Waals surface area contributed by atoms with E-state index in [0.717, 1.165) is 18.4 Å². The van der Waals surface area contributed by atoms with E-state index in [1.807, 2.05) is 0 Å². The van der Waals surface area contributed by atoms with E-state index in [1.165, 1.54) is 6.07 Å². The molecule has 0 aliphatic heterocycles. The lowest BCUT2D eigenvalue weighted by molar-refractivity contribution is 0.00332. The molecule has 7 heteroatoms. The first kappa shape index (κ1) is 12.4. The molecule has 100 valence electrons. The molecule has 19 heavy (non-hydrogen) atoms. The average Bonchev–Trinajstić information content (AvgIpc) is 2.70. The van der Waals surface area contributed by atoms with Crippen molar-refractivity contribution in [3.8, 4) is 0 Å². The molecule has 2 aromatic rings. The Kier molecular flexibility index (Phi) is 2.91. The zero-order valence-electron chi connectivity index (χ0n) is 10.2. The van der Waals surface area contributed by atoms with Gasteiger partial charge in [0, 0.05) is 7.11 Å². The zero-order valence-corrected chi connectivity index (χ0v) is 11.0. The Balaban J connectivity index is 2.00. The Morgan fingerprint density at radius 3 is 2.89 bits per heavy atom. The molecular weight excluding hydrogens is 270 g/mol. The molecule has 1 fully saturated rings. The fourth-order valence-corrected chi connectivity index (χ4v) is 2.56. The van der Waals surface area contributed by atoms with Gasteiger partial charge in [0.05, 0.1) is 28.2 Å². The monoisotopic (exact) mass is 281 g/mol.